The van der Waals surface area contributed by atoms with Gasteiger partial charge in [-0.3, -0.25) is 9.10 Å². The molecule has 38 heavy (non-hydrogen) atoms. The number of carbonyl (C=O) groups excluding carboxylic acids is 1. The molecule has 3 aromatic rings. The molecule has 0 atom stereocenters. The summed E-state index contributed by atoms with van der Waals surface area (Å²) in [4.78, 5) is 13.1. The van der Waals surface area contributed by atoms with Gasteiger partial charge in [-0.1, -0.05) is 12.1 Å². The van der Waals surface area contributed by atoms with Crippen LogP contribution in [-0.4, -0.2) is 50.1 Å². The molecule has 3 rings (SSSR count). The van der Waals surface area contributed by atoms with Crippen LogP contribution in [0.25, 0.3) is 0 Å². The number of nitrogens with zero attached hydrogens (tertiary/aromatic N) is 1. The molecule has 0 bridgehead atoms. The molecular weight excluding hydrogens is 530 g/mol. The van der Waals surface area contributed by atoms with Crippen molar-refractivity contribution in [1.82, 2.24) is 4.72 Å². The van der Waals surface area contributed by atoms with E-state index in [1.54, 1.807) is 56.3 Å². The first-order valence-electron chi connectivity index (χ1n) is 11.7. The van der Waals surface area contributed by atoms with Crippen molar-refractivity contribution >= 4 is 37.3 Å². The van der Waals surface area contributed by atoms with E-state index in [0.29, 0.717) is 23.5 Å². The largest absolute Gasteiger partial charge is 0.495 e. The Morgan fingerprint density at radius 3 is 2.24 bits per heavy atom. The van der Waals surface area contributed by atoms with E-state index in [1.165, 1.54) is 32.4 Å². The number of carbonyl (C=O) groups is 1. The van der Waals surface area contributed by atoms with Crippen molar-refractivity contribution in [2.75, 3.05) is 36.9 Å². The fraction of sp³-hybridized carbons (Fsp3) is 0.269. The standard InChI is InChI=1S/C26H31N3O7S2/c1-6-36-21-11-9-20(10-12-21)29(38(33,34)25-15-18(2)7-14-24(25)35-5)17-26(30)28-23-16-22(13-8-19(23)3)37(31,32)27-4/h7-16,27H,6,17H2,1-5H3,(H,28,30). The summed E-state index contributed by atoms with van der Waals surface area (Å²) >= 11 is 0. The number of hydrogen-bond acceptors (Lipinski definition) is 7. The fourth-order valence-electron chi connectivity index (χ4n) is 3.64. The van der Waals surface area contributed by atoms with E-state index in [4.69, 9.17) is 9.47 Å². The third-order valence-electron chi connectivity index (χ3n) is 5.67. The molecule has 10 nitrogen and oxygen atoms in total. The highest BCUT2D eigenvalue weighted by atomic mass is 32.2. The van der Waals surface area contributed by atoms with Crippen LogP contribution in [0.3, 0.4) is 0 Å². The quantitative estimate of drug-likeness (QED) is 0.367. The van der Waals surface area contributed by atoms with Crippen molar-refractivity contribution in [3.05, 3.63) is 71.8 Å². The molecule has 1 amide bonds. The SMILES string of the molecule is CCOc1ccc(N(CC(=O)Nc2cc(S(=O)(=O)NC)ccc2C)S(=O)(=O)c2cc(C)ccc2OC)cc1. The molecule has 0 unspecified atom stereocenters. The van der Waals surface area contributed by atoms with Crippen LogP contribution in [0.2, 0.25) is 0 Å². The average Bonchev–Trinajstić information content (AvgIpc) is 2.89. The van der Waals surface area contributed by atoms with Crippen LogP contribution in [-0.2, 0) is 24.8 Å². The van der Waals surface area contributed by atoms with E-state index in [2.05, 4.69) is 10.0 Å². The number of rotatable bonds is 11. The summed E-state index contributed by atoms with van der Waals surface area (Å²) in [6.45, 7) is 5.13. The summed E-state index contributed by atoms with van der Waals surface area (Å²) in [5.74, 6) is 0.00770. The number of methoxy groups -OCH3 is 1. The summed E-state index contributed by atoms with van der Waals surface area (Å²) in [7, 11) is -5.38. The van der Waals surface area contributed by atoms with Crippen molar-refractivity contribution in [1.29, 1.82) is 0 Å². The second-order valence-electron chi connectivity index (χ2n) is 8.33. The molecule has 0 saturated carbocycles. The van der Waals surface area contributed by atoms with Crippen LogP contribution >= 0.6 is 0 Å². The van der Waals surface area contributed by atoms with Gasteiger partial charge >= 0.3 is 0 Å². The van der Waals surface area contributed by atoms with E-state index >= 15 is 0 Å². The second kappa shape index (κ2) is 11.8. The van der Waals surface area contributed by atoms with Gasteiger partial charge in [0.1, 0.15) is 22.9 Å². The molecule has 0 aliphatic rings. The minimum atomic E-state index is -4.28. The molecule has 0 aliphatic heterocycles. The molecule has 0 fully saturated rings. The number of sulfonamides is 2. The highest BCUT2D eigenvalue weighted by Crippen LogP contribution is 2.32. The molecule has 0 spiro atoms. The van der Waals surface area contributed by atoms with Crippen LogP contribution in [0.1, 0.15) is 18.1 Å². The van der Waals surface area contributed by atoms with Gasteiger partial charge in [-0.15, -0.1) is 0 Å². The van der Waals surface area contributed by atoms with Crippen LogP contribution < -0.4 is 23.8 Å². The van der Waals surface area contributed by atoms with Gasteiger partial charge < -0.3 is 14.8 Å². The number of hydrogen-bond donors (Lipinski definition) is 2. The summed E-state index contributed by atoms with van der Waals surface area (Å²) < 4.78 is 66.2. The number of aryl methyl sites for hydroxylation is 2. The zero-order valence-corrected chi connectivity index (χ0v) is 23.4. The normalized spacial score (nSPS) is 11.6. The molecule has 2 N–H and O–H groups in total. The first kappa shape index (κ1) is 29.0. The molecule has 204 valence electrons. The van der Waals surface area contributed by atoms with Gasteiger partial charge in [0.15, 0.2) is 0 Å². The van der Waals surface area contributed by atoms with E-state index in [9.17, 15) is 21.6 Å². The first-order chi connectivity index (χ1) is 17.9. The molecule has 0 heterocycles. The Labute approximate surface area is 223 Å². The number of amides is 1. The minimum absolute atomic E-state index is 0.0404. The zero-order chi connectivity index (χ0) is 28.1. The van der Waals surface area contributed by atoms with Crippen molar-refractivity contribution in [2.45, 2.75) is 30.6 Å². The monoisotopic (exact) mass is 561 g/mol. The smallest absolute Gasteiger partial charge is 0.268 e. The van der Waals surface area contributed by atoms with E-state index in [0.717, 1.165) is 4.31 Å². The Kier molecular flexibility index (Phi) is 9.02. The number of benzene rings is 3. The molecule has 0 aliphatic carbocycles. The maximum atomic E-state index is 13.9. The lowest BCUT2D eigenvalue weighted by Gasteiger charge is -2.25. The van der Waals surface area contributed by atoms with E-state index in [1.807, 2.05) is 6.92 Å². The van der Waals surface area contributed by atoms with Gasteiger partial charge in [0.2, 0.25) is 15.9 Å². The predicted molar refractivity (Wildman–Crippen MR) is 146 cm³/mol. The number of ether oxygens (including phenoxy) is 2. The third-order valence-corrected chi connectivity index (χ3v) is 8.88. The van der Waals surface area contributed by atoms with Crippen molar-refractivity contribution in [3.63, 3.8) is 0 Å². The number of anilines is 2. The summed E-state index contributed by atoms with van der Waals surface area (Å²) in [6, 6.07) is 15.4. The van der Waals surface area contributed by atoms with Crippen molar-refractivity contribution < 1.29 is 31.1 Å². The lowest BCUT2D eigenvalue weighted by molar-refractivity contribution is -0.114. The van der Waals surface area contributed by atoms with E-state index < -0.39 is 32.5 Å². The van der Waals surface area contributed by atoms with Gasteiger partial charge in [0.25, 0.3) is 10.0 Å². The summed E-state index contributed by atoms with van der Waals surface area (Å²) in [5.41, 5.74) is 1.77. The molecular formula is C26H31N3O7S2. The predicted octanol–water partition coefficient (Wildman–Crippen LogP) is 3.45. The minimum Gasteiger partial charge on any atom is -0.495 e. The molecule has 12 heteroatoms. The molecule has 3 aromatic carbocycles. The Balaban J connectivity index is 2.03. The highest BCUT2D eigenvalue weighted by molar-refractivity contribution is 7.93. The Morgan fingerprint density at radius 1 is 0.947 bits per heavy atom. The summed E-state index contributed by atoms with van der Waals surface area (Å²) in [6.07, 6.45) is 0. The van der Waals surface area contributed by atoms with Crippen LogP contribution in [0.5, 0.6) is 11.5 Å². The van der Waals surface area contributed by atoms with Crippen LogP contribution in [0, 0.1) is 13.8 Å². The summed E-state index contributed by atoms with van der Waals surface area (Å²) in [5, 5.41) is 2.65. The van der Waals surface area contributed by atoms with Crippen LogP contribution in [0.4, 0.5) is 11.4 Å². The zero-order valence-electron chi connectivity index (χ0n) is 21.8. The topological polar surface area (TPSA) is 131 Å². The maximum Gasteiger partial charge on any atom is 0.268 e. The third kappa shape index (κ3) is 6.44. The van der Waals surface area contributed by atoms with Gasteiger partial charge in [-0.25, -0.2) is 21.6 Å². The van der Waals surface area contributed by atoms with E-state index in [-0.39, 0.29) is 26.9 Å². The van der Waals surface area contributed by atoms with Crippen molar-refractivity contribution in [3.8, 4) is 11.5 Å². The number of nitrogens with one attached hydrogen (secondary N) is 2. The Morgan fingerprint density at radius 2 is 1.63 bits per heavy atom. The van der Waals surface area contributed by atoms with Gasteiger partial charge in [0, 0.05) is 5.69 Å². The molecule has 0 saturated heterocycles. The average molecular weight is 562 g/mol. The highest BCUT2D eigenvalue weighted by Gasteiger charge is 2.30. The Hall–Kier alpha value is -3.61. The molecule has 0 radical (unpaired) electrons. The maximum absolute atomic E-state index is 13.9. The van der Waals surface area contributed by atoms with Gasteiger partial charge in [-0.05, 0) is 87.5 Å². The fourth-order valence-corrected chi connectivity index (χ4v) is 6.06. The van der Waals surface area contributed by atoms with Gasteiger partial charge in [0.05, 0.1) is 24.3 Å². The first-order valence-corrected chi connectivity index (χ1v) is 14.6. The molecule has 0 aromatic heterocycles. The lowest BCUT2D eigenvalue weighted by atomic mass is 10.2. The van der Waals surface area contributed by atoms with Gasteiger partial charge in [-0.2, -0.15) is 0 Å². The lowest BCUT2D eigenvalue weighted by Crippen LogP contribution is -2.38. The van der Waals surface area contributed by atoms with Crippen molar-refractivity contribution in [2.24, 2.45) is 0 Å². The Bertz CT molecular complexity index is 1520. The second-order valence-corrected chi connectivity index (χ2v) is 12.0. The van der Waals surface area contributed by atoms with Crippen LogP contribution in [0.15, 0.2) is 70.5 Å².